The van der Waals surface area contributed by atoms with Crippen LogP contribution in [0.1, 0.15) is 31.2 Å². The molecule has 0 aliphatic carbocycles. The maximum Gasteiger partial charge on any atom is 0.0862 e. The van der Waals surface area contributed by atoms with E-state index >= 15 is 0 Å². The van der Waals surface area contributed by atoms with E-state index in [9.17, 15) is 5.11 Å². The van der Waals surface area contributed by atoms with Gasteiger partial charge in [-0.05, 0) is 61.6 Å². The van der Waals surface area contributed by atoms with Crippen LogP contribution in [0.15, 0.2) is 4.47 Å². The normalized spacial score (nSPS) is 19.8. The fourth-order valence-electron chi connectivity index (χ4n) is 2.65. The Bertz CT molecular complexity index is 425. The van der Waals surface area contributed by atoms with E-state index in [1.807, 2.05) is 18.5 Å². The van der Waals surface area contributed by atoms with Crippen LogP contribution in [0.25, 0.3) is 0 Å². The molecule has 5 heteroatoms. The molecule has 1 saturated heterocycles. The number of hydrogen-bond donors (Lipinski definition) is 1. The van der Waals surface area contributed by atoms with Crippen molar-refractivity contribution in [2.45, 2.75) is 46.3 Å². The van der Waals surface area contributed by atoms with Crippen molar-refractivity contribution in [2.75, 3.05) is 19.6 Å². The summed E-state index contributed by atoms with van der Waals surface area (Å²) in [5.74, 6) is 0.834. The van der Waals surface area contributed by atoms with Gasteiger partial charge in [-0.3, -0.25) is 4.68 Å². The molecule has 0 aromatic carbocycles. The number of aliphatic hydroxyl groups excluding tert-OH is 1. The summed E-state index contributed by atoms with van der Waals surface area (Å²) in [5, 5.41) is 14.7. The fraction of sp³-hybridized carbons (Fsp3) is 0.786. The largest absolute Gasteiger partial charge is 0.390 e. The topological polar surface area (TPSA) is 41.3 Å². The predicted octanol–water partition coefficient (Wildman–Crippen LogP) is 2.36. The number of aromatic nitrogens is 2. The minimum absolute atomic E-state index is 0.349. The van der Waals surface area contributed by atoms with E-state index in [2.05, 4.69) is 32.9 Å². The molecule has 0 spiro atoms. The lowest BCUT2D eigenvalue weighted by Crippen LogP contribution is -2.39. The third-order valence-electron chi connectivity index (χ3n) is 4.02. The highest BCUT2D eigenvalue weighted by Crippen LogP contribution is 2.20. The van der Waals surface area contributed by atoms with Crippen LogP contribution in [0.3, 0.4) is 0 Å². The van der Waals surface area contributed by atoms with E-state index in [1.165, 1.54) is 12.8 Å². The molecule has 0 radical (unpaired) electrons. The Kier molecular flexibility index (Phi) is 5.03. The summed E-state index contributed by atoms with van der Waals surface area (Å²) in [7, 11) is 0. The predicted molar refractivity (Wildman–Crippen MR) is 80.2 cm³/mol. The van der Waals surface area contributed by atoms with Crippen LogP contribution in [0.5, 0.6) is 0 Å². The van der Waals surface area contributed by atoms with Gasteiger partial charge in [0.05, 0.1) is 22.8 Å². The molecular weight excluding hydrogens is 306 g/mol. The first-order chi connectivity index (χ1) is 8.97. The van der Waals surface area contributed by atoms with E-state index in [1.54, 1.807) is 0 Å². The van der Waals surface area contributed by atoms with Crippen LogP contribution >= 0.6 is 15.9 Å². The maximum atomic E-state index is 10.2. The Morgan fingerprint density at radius 3 is 2.47 bits per heavy atom. The maximum absolute atomic E-state index is 10.2. The molecule has 1 aromatic heterocycles. The summed E-state index contributed by atoms with van der Waals surface area (Å²) < 4.78 is 2.95. The van der Waals surface area contributed by atoms with Gasteiger partial charge in [-0.1, -0.05) is 6.92 Å². The summed E-state index contributed by atoms with van der Waals surface area (Å²) in [6.45, 7) is 9.86. The minimum atomic E-state index is -0.349. The van der Waals surface area contributed by atoms with Crippen LogP contribution in [0.2, 0.25) is 0 Å². The number of piperidine rings is 1. The molecule has 1 aliphatic rings. The van der Waals surface area contributed by atoms with E-state index in [0.29, 0.717) is 6.54 Å². The molecule has 0 bridgehead atoms. The molecule has 0 saturated carbocycles. The van der Waals surface area contributed by atoms with Crippen molar-refractivity contribution in [3.8, 4) is 0 Å². The molecule has 1 N–H and O–H groups in total. The lowest BCUT2D eigenvalue weighted by molar-refractivity contribution is 0.0772. The van der Waals surface area contributed by atoms with Crippen molar-refractivity contribution >= 4 is 15.9 Å². The SMILES string of the molecule is Cc1nn(CC(O)CN2CCC(C)CC2)c(C)c1Br. The summed E-state index contributed by atoms with van der Waals surface area (Å²) in [4.78, 5) is 2.37. The third kappa shape index (κ3) is 3.80. The quantitative estimate of drug-likeness (QED) is 0.921. The van der Waals surface area contributed by atoms with Gasteiger partial charge >= 0.3 is 0 Å². The molecule has 19 heavy (non-hydrogen) atoms. The van der Waals surface area contributed by atoms with Gasteiger partial charge in [-0.15, -0.1) is 0 Å². The molecular formula is C14H24BrN3O. The summed E-state index contributed by atoms with van der Waals surface area (Å²) in [6.07, 6.45) is 2.15. The van der Waals surface area contributed by atoms with Gasteiger partial charge in [0.2, 0.25) is 0 Å². The van der Waals surface area contributed by atoms with Crippen molar-refractivity contribution in [1.29, 1.82) is 0 Å². The molecule has 1 atom stereocenters. The molecule has 0 amide bonds. The number of hydrogen-bond acceptors (Lipinski definition) is 3. The van der Waals surface area contributed by atoms with Crippen molar-refractivity contribution in [1.82, 2.24) is 14.7 Å². The van der Waals surface area contributed by atoms with Crippen LogP contribution in [-0.4, -0.2) is 45.5 Å². The third-order valence-corrected chi connectivity index (χ3v) is 5.17. The number of nitrogens with zero attached hydrogens (tertiary/aromatic N) is 3. The van der Waals surface area contributed by atoms with Crippen LogP contribution in [-0.2, 0) is 6.54 Å². The second kappa shape index (κ2) is 6.37. The first kappa shape index (κ1) is 15.0. The molecule has 1 unspecified atom stereocenters. The lowest BCUT2D eigenvalue weighted by atomic mass is 9.99. The average molecular weight is 330 g/mol. The fourth-order valence-corrected chi connectivity index (χ4v) is 2.94. The zero-order valence-corrected chi connectivity index (χ0v) is 13.7. The molecule has 1 aromatic rings. The second-order valence-corrected chi connectivity index (χ2v) is 6.60. The first-order valence-corrected chi connectivity index (χ1v) is 7.86. The number of halogens is 1. The number of rotatable bonds is 4. The Labute approximate surface area is 123 Å². The standard InChI is InChI=1S/C14H24BrN3O/c1-10-4-6-17(7-5-10)8-13(19)9-18-12(3)14(15)11(2)16-18/h10,13,19H,4-9H2,1-3H3. The van der Waals surface area contributed by atoms with E-state index < -0.39 is 0 Å². The van der Waals surface area contributed by atoms with Gasteiger partial charge < -0.3 is 10.0 Å². The van der Waals surface area contributed by atoms with E-state index in [0.717, 1.165) is 41.4 Å². The van der Waals surface area contributed by atoms with Crippen molar-refractivity contribution < 1.29 is 5.11 Å². The number of aryl methyl sites for hydroxylation is 1. The molecule has 1 aliphatic heterocycles. The zero-order chi connectivity index (χ0) is 14.0. The van der Waals surface area contributed by atoms with Crippen molar-refractivity contribution in [3.05, 3.63) is 15.9 Å². The molecule has 4 nitrogen and oxygen atoms in total. The monoisotopic (exact) mass is 329 g/mol. The molecule has 108 valence electrons. The number of likely N-dealkylation sites (tertiary alicyclic amines) is 1. The van der Waals surface area contributed by atoms with Crippen molar-refractivity contribution in [2.24, 2.45) is 5.92 Å². The van der Waals surface area contributed by atoms with Gasteiger partial charge in [-0.2, -0.15) is 5.10 Å². The average Bonchev–Trinajstić information content (AvgIpc) is 2.60. The first-order valence-electron chi connectivity index (χ1n) is 7.07. The highest BCUT2D eigenvalue weighted by molar-refractivity contribution is 9.10. The molecule has 2 heterocycles. The van der Waals surface area contributed by atoms with E-state index in [-0.39, 0.29) is 6.10 Å². The van der Waals surface area contributed by atoms with Crippen LogP contribution in [0.4, 0.5) is 0 Å². The number of β-amino-alcohol motifs (C(OH)–C–C–N with tert-alkyl or cyclic N) is 1. The number of aliphatic hydroxyl groups is 1. The Morgan fingerprint density at radius 1 is 1.32 bits per heavy atom. The smallest absolute Gasteiger partial charge is 0.0862 e. The van der Waals surface area contributed by atoms with Gasteiger partial charge in [0.1, 0.15) is 0 Å². The Morgan fingerprint density at radius 2 is 1.95 bits per heavy atom. The minimum Gasteiger partial charge on any atom is -0.390 e. The Balaban J connectivity index is 1.87. The van der Waals surface area contributed by atoms with Gasteiger partial charge in [0.15, 0.2) is 0 Å². The van der Waals surface area contributed by atoms with Gasteiger partial charge in [-0.25, -0.2) is 0 Å². The summed E-state index contributed by atoms with van der Waals surface area (Å²) >= 11 is 3.52. The molecule has 2 rings (SSSR count). The Hall–Kier alpha value is -0.390. The second-order valence-electron chi connectivity index (χ2n) is 5.80. The highest BCUT2D eigenvalue weighted by atomic mass is 79.9. The van der Waals surface area contributed by atoms with Crippen molar-refractivity contribution in [3.63, 3.8) is 0 Å². The summed E-state index contributed by atoms with van der Waals surface area (Å²) in [5.41, 5.74) is 2.07. The van der Waals surface area contributed by atoms with Gasteiger partial charge in [0.25, 0.3) is 0 Å². The lowest BCUT2D eigenvalue weighted by Gasteiger charge is -2.31. The van der Waals surface area contributed by atoms with Crippen LogP contribution in [0, 0.1) is 19.8 Å². The summed E-state index contributed by atoms with van der Waals surface area (Å²) in [6, 6.07) is 0. The zero-order valence-electron chi connectivity index (χ0n) is 12.1. The van der Waals surface area contributed by atoms with Crippen LogP contribution < -0.4 is 0 Å². The highest BCUT2D eigenvalue weighted by Gasteiger charge is 2.19. The van der Waals surface area contributed by atoms with Gasteiger partial charge in [0, 0.05) is 12.2 Å². The molecule has 1 fully saturated rings. The van der Waals surface area contributed by atoms with E-state index in [4.69, 9.17) is 0 Å².